The van der Waals surface area contributed by atoms with Gasteiger partial charge in [0, 0.05) is 25.5 Å². The highest BCUT2D eigenvalue weighted by atomic mass is 15.2. The molecule has 104 valence electrons. The lowest BCUT2D eigenvalue weighted by molar-refractivity contribution is 0.303. The van der Waals surface area contributed by atoms with E-state index in [9.17, 15) is 0 Å². The molecule has 3 heteroatoms. The van der Waals surface area contributed by atoms with Crippen LogP contribution in [0.3, 0.4) is 0 Å². The molecule has 0 aromatic carbocycles. The van der Waals surface area contributed by atoms with Gasteiger partial charge in [-0.15, -0.1) is 0 Å². The molecular formula is C15H29N3. The van der Waals surface area contributed by atoms with E-state index >= 15 is 0 Å². The lowest BCUT2D eigenvalue weighted by Gasteiger charge is -2.25. The Kier molecular flexibility index (Phi) is 5.70. The molecular weight excluding hydrogens is 222 g/mol. The summed E-state index contributed by atoms with van der Waals surface area (Å²) in [5.74, 6) is 3.74. The maximum absolute atomic E-state index is 4.41. The maximum Gasteiger partial charge on any atom is 0.202 e. The fourth-order valence-electron chi connectivity index (χ4n) is 2.47. The van der Waals surface area contributed by atoms with Crippen LogP contribution >= 0.6 is 0 Å². The Bertz CT molecular complexity index is 331. The summed E-state index contributed by atoms with van der Waals surface area (Å²) in [5, 5.41) is 3.51. The molecule has 0 fully saturated rings. The van der Waals surface area contributed by atoms with Gasteiger partial charge in [0.2, 0.25) is 5.95 Å². The van der Waals surface area contributed by atoms with E-state index in [1.807, 2.05) is 6.20 Å². The van der Waals surface area contributed by atoms with Crippen molar-refractivity contribution < 1.29 is 0 Å². The molecule has 18 heavy (non-hydrogen) atoms. The van der Waals surface area contributed by atoms with E-state index in [1.54, 1.807) is 0 Å². The molecule has 1 aromatic heterocycles. The molecule has 1 aromatic rings. The van der Waals surface area contributed by atoms with Gasteiger partial charge in [-0.2, -0.15) is 0 Å². The predicted molar refractivity (Wildman–Crippen MR) is 78.7 cm³/mol. The number of hydrogen-bond donors (Lipinski definition) is 1. The highest BCUT2D eigenvalue weighted by molar-refractivity contribution is 5.25. The van der Waals surface area contributed by atoms with Crippen molar-refractivity contribution in [2.45, 2.75) is 48.1 Å². The monoisotopic (exact) mass is 251 g/mol. The van der Waals surface area contributed by atoms with Crippen LogP contribution in [-0.2, 0) is 6.54 Å². The van der Waals surface area contributed by atoms with E-state index in [2.05, 4.69) is 62.6 Å². The second-order valence-electron chi connectivity index (χ2n) is 6.33. The van der Waals surface area contributed by atoms with Crippen LogP contribution in [0.25, 0.3) is 0 Å². The van der Waals surface area contributed by atoms with Crippen molar-refractivity contribution >= 4 is 5.95 Å². The van der Waals surface area contributed by atoms with Gasteiger partial charge < -0.3 is 9.88 Å². The van der Waals surface area contributed by atoms with Gasteiger partial charge in [-0.05, 0) is 23.7 Å². The number of aromatic nitrogens is 2. The summed E-state index contributed by atoms with van der Waals surface area (Å²) in [5.41, 5.74) is 0. The maximum atomic E-state index is 4.41. The van der Waals surface area contributed by atoms with E-state index in [1.165, 1.54) is 0 Å². The zero-order chi connectivity index (χ0) is 13.7. The molecule has 0 atom stereocenters. The molecule has 3 nitrogen and oxygen atoms in total. The SMILES string of the molecule is CC(C)Cn1ccnc1NCC(C(C)C)C(C)C. The molecule has 0 spiro atoms. The number of anilines is 1. The lowest BCUT2D eigenvalue weighted by atomic mass is 9.85. The van der Waals surface area contributed by atoms with E-state index in [4.69, 9.17) is 0 Å². The number of hydrogen-bond acceptors (Lipinski definition) is 2. The molecule has 1 rings (SSSR count). The summed E-state index contributed by atoms with van der Waals surface area (Å²) < 4.78 is 2.21. The molecule has 1 heterocycles. The summed E-state index contributed by atoms with van der Waals surface area (Å²) >= 11 is 0. The normalized spacial score (nSPS) is 12.1. The first-order chi connectivity index (χ1) is 8.41. The van der Waals surface area contributed by atoms with Gasteiger partial charge in [-0.25, -0.2) is 4.98 Å². The van der Waals surface area contributed by atoms with Gasteiger partial charge in [-0.3, -0.25) is 0 Å². The van der Waals surface area contributed by atoms with Crippen molar-refractivity contribution in [3.63, 3.8) is 0 Å². The van der Waals surface area contributed by atoms with Gasteiger partial charge in [0.25, 0.3) is 0 Å². The molecule has 1 N–H and O–H groups in total. The van der Waals surface area contributed by atoms with E-state index in [-0.39, 0.29) is 0 Å². The minimum Gasteiger partial charge on any atom is -0.355 e. The Hall–Kier alpha value is -0.990. The van der Waals surface area contributed by atoms with Crippen LogP contribution < -0.4 is 5.32 Å². The Morgan fingerprint density at radius 1 is 1.11 bits per heavy atom. The average Bonchev–Trinajstić information content (AvgIpc) is 2.64. The first-order valence-electron chi connectivity index (χ1n) is 7.16. The highest BCUT2D eigenvalue weighted by Gasteiger charge is 2.17. The van der Waals surface area contributed by atoms with E-state index in [0.717, 1.165) is 19.0 Å². The smallest absolute Gasteiger partial charge is 0.202 e. The number of rotatable bonds is 7. The fourth-order valence-corrected chi connectivity index (χ4v) is 2.47. The molecule has 0 saturated heterocycles. The summed E-state index contributed by atoms with van der Waals surface area (Å²) in [4.78, 5) is 4.41. The zero-order valence-electron chi connectivity index (χ0n) is 12.8. The zero-order valence-corrected chi connectivity index (χ0v) is 12.8. The second-order valence-corrected chi connectivity index (χ2v) is 6.33. The molecule has 0 radical (unpaired) electrons. The molecule has 0 aliphatic heterocycles. The van der Waals surface area contributed by atoms with E-state index in [0.29, 0.717) is 23.7 Å². The molecule has 0 amide bonds. The van der Waals surface area contributed by atoms with Gasteiger partial charge in [0.15, 0.2) is 0 Å². The number of nitrogens with one attached hydrogen (secondary N) is 1. The van der Waals surface area contributed by atoms with Crippen LogP contribution in [0.15, 0.2) is 12.4 Å². The quantitative estimate of drug-likeness (QED) is 0.797. The molecule has 0 bridgehead atoms. The fraction of sp³-hybridized carbons (Fsp3) is 0.800. The average molecular weight is 251 g/mol. The lowest BCUT2D eigenvalue weighted by Crippen LogP contribution is -2.25. The summed E-state index contributed by atoms with van der Waals surface area (Å²) in [7, 11) is 0. The van der Waals surface area contributed by atoms with Crippen LogP contribution in [-0.4, -0.2) is 16.1 Å². The second kappa shape index (κ2) is 6.81. The number of imidazole rings is 1. The molecule has 0 aliphatic carbocycles. The standard InChI is InChI=1S/C15H29N3/c1-11(2)10-18-8-7-16-15(18)17-9-14(12(3)4)13(5)6/h7-8,11-14H,9-10H2,1-6H3,(H,16,17). The molecule has 0 saturated carbocycles. The van der Waals surface area contributed by atoms with Crippen LogP contribution in [0.5, 0.6) is 0 Å². The Balaban J connectivity index is 2.59. The summed E-state index contributed by atoms with van der Waals surface area (Å²) in [6.07, 6.45) is 3.94. The van der Waals surface area contributed by atoms with E-state index < -0.39 is 0 Å². The molecule has 0 unspecified atom stereocenters. The Morgan fingerprint density at radius 2 is 1.72 bits per heavy atom. The van der Waals surface area contributed by atoms with Crippen molar-refractivity contribution in [1.29, 1.82) is 0 Å². The minimum absolute atomic E-state index is 0.644. The first-order valence-corrected chi connectivity index (χ1v) is 7.16. The van der Waals surface area contributed by atoms with Crippen molar-refractivity contribution in [3.8, 4) is 0 Å². The minimum atomic E-state index is 0.644. The number of nitrogens with zero attached hydrogens (tertiary/aromatic N) is 2. The van der Waals surface area contributed by atoms with Crippen LogP contribution in [0.4, 0.5) is 5.95 Å². The van der Waals surface area contributed by atoms with Gasteiger partial charge >= 0.3 is 0 Å². The Labute approximate surface area is 112 Å². The summed E-state index contributed by atoms with van der Waals surface area (Å²) in [6.45, 7) is 15.7. The predicted octanol–water partition coefficient (Wildman–Crippen LogP) is 3.88. The summed E-state index contributed by atoms with van der Waals surface area (Å²) in [6, 6.07) is 0. The van der Waals surface area contributed by atoms with Crippen molar-refractivity contribution in [3.05, 3.63) is 12.4 Å². The van der Waals surface area contributed by atoms with Crippen LogP contribution in [0.2, 0.25) is 0 Å². The van der Waals surface area contributed by atoms with Crippen LogP contribution in [0, 0.1) is 23.7 Å². The highest BCUT2D eigenvalue weighted by Crippen LogP contribution is 2.21. The van der Waals surface area contributed by atoms with Crippen molar-refractivity contribution in [1.82, 2.24) is 9.55 Å². The Morgan fingerprint density at radius 3 is 2.22 bits per heavy atom. The molecule has 0 aliphatic rings. The van der Waals surface area contributed by atoms with Gasteiger partial charge in [0.05, 0.1) is 0 Å². The third kappa shape index (κ3) is 4.35. The largest absolute Gasteiger partial charge is 0.355 e. The van der Waals surface area contributed by atoms with Crippen LogP contribution in [0.1, 0.15) is 41.5 Å². The first kappa shape index (κ1) is 15.1. The van der Waals surface area contributed by atoms with Crippen molar-refractivity contribution in [2.75, 3.05) is 11.9 Å². The van der Waals surface area contributed by atoms with Gasteiger partial charge in [0.1, 0.15) is 0 Å². The third-order valence-electron chi connectivity index (χ3n) is 3.49. The topological polar surface area (TPSA) is 29.9 Å². The van der Waals surface area contributed by atoms with Gasteiger partial charge in [-0.1, -0.05) is 41.5 Å². The third-order valence-corrected chi connectivity index (χ3v) is 3.49. The van der Waals surface area contributed by atoms with Crippen molar-refractivity contribution in [2.24, 2.45) is 23.7 Å².